The number of aliphatic hydroxyl groups is 1. The van der Waals surface area contributed by atoms with Crippen LogP contribution in [0.3, 0.4) is 0 Å². The van der Waals surface area contributed by atoms with E-state index in [9.17, 15) is 5.11 Å². The molecule has 4 heteroatoms. The molecular formula is C13H19N3O. The highest BCUT2D eigenvalue weighted by Gasteiger charge is 2.26. The van der Waals surface area contributed by atoms with Gasteiger partial charge in [-0.05, 0) is 12.1 Å². The quantitative estimate of drug-likeness (QED) is 0.828. The van der Waals surface area contributed by atoms with E-state index in [4.69, 9.17) is 5.73 Å². The number of hydrogen-bond acceptors (Lipinski definition) is 3. The molecule has 2 heterocycles. The van der Waals surface area contributed by atoms with Gasteiger partial charge in [0.1, 0.15) is 5.65 Å². The Labute approximate surface area is 101 Å². The van der Waals surface area contributed by atoms with Crippen molar-refractivity contribution in [2.24, 2.45) is 5.73 Å². The van der Waals surface area contributed by atoms with Crippen LogP contribution in [0.5, 0.6) is 0 Å². The first-order valence-corrected chi connectivity index (χ1v) is 5.79. The summed E-state index contributed by atoms with van der Waals surface area (Å²) >= 11 is 0. The van der Waals surface area contributed by atoms with E-state index in [1.807, 2.05) is 28.8 Å². The molecule has 0 aliphatic carbocycles. The largest absolute Gasteiger partial charge is 0.394 e. The highest BCUT2D eigenvalue weighted by molar-refractivity contribution is 5.45. The standard InChI is InChI=1S/C13H19N3O/c1-13(2,3)12-11(9(14)8-17)16-7-5-4-6-10(16)15-12/h4-7,9,17H,8,14H2,1-3H3. The Balaban J connectivity index is 2.74. The number of nitrogens with two attached hydrogens (primary N) is 1. The number of aromatic nitrogens is 2. The molecule has 1 atom stereocenters. The third kappa shape index (κ3) is 2.06. The Bertz CT molecular complexity index is 525. The molecule has 0 saturated heterocycles. The normalized spacial score (nSPS) is 14.2. The van der Waals surface area contributed by atoms with Crippen LogP contribution in [0, 0.1) is 0 Å². The van der Waals surface area contributed by atoms with E-state index in [0.717, 1.165) is 17.0 Å². The fourth-order valence-electron chi connectivity index (χ4n) is 2.01. The minimum Gasteiger partial charge on any atom is -0.394 e. The smallest absolute Gasteiger partial charge is 0.137 e. The van der Waals surface area contributed by atoms with Gasteiger partial charge in [0.2, 0.25) is 0 Å². The van der Waals surface area contributed by atoms with Crippen LogP contribution in [0.15, 0.2) is 24.4 Å². The van der Waals surface area contributed by atoms with Crippen molar-refractivity contribution in [3.63, 3.8) is 0 Å². The second-order valence-electron chi connectivity index (χ2n) is 5.31. The third-order valence-corrected chi connectivity index (χ3v) is 2.83. The highest BCUT2D eigenvalue weighted by atomic mass is 16.3. The maximum Gasteiger partial charge on any atom is 0.137 e. The van der Waals surface area contributed by atoms with E-state index >= 15 is 0 Å². The Morgan fingerprint density at radius 2 is 2.12 bits per heavy atom. The first kappa shape index (κ1) is 12.1. The molecule has 0 aromatic carbocycles. The molecule has 0 amide bonds. The average Bonchev–Trinajstić information content (AvgIpc) is 2.67. The zero-order valence-corrected chi connectivity index (χ0v) is 10.5. The van der Waals surface area contributed by atoms with Gasteiger partial charge >= 0.3 is 0 Å². The van der Waals surface area contributed by atoms with Crippen molar-refractivity contribution < 1.29 is 5.11 Å². The molecule has 4 nitrogen and oxygen atoms in total. The molecule has 0 radical (unpaired) electrons. The van der Waals surface area contributed by atoms with E-state index in [-0.39, 0.29) is 12.0 Å². The summed E-state index contributed by atoms with van der Waals surface area (Å²) in [5.41, 5.74) is 8.62. The van der Waals surface area contributed by atoms with E-state index in [1.165, 1.54) is 0 Å². The van der Waals surface area contributed by atoms with Gasteiger partial charge in [-0.3, -0.25) is 0 Å². The summed E-state index contributed by atoms with van der Waals surface area (Å²) in [5, 5.41) is 9.29. The summed E-state index contributed by atoms with van der Waals surface area (Å²) in [6.07, 6.45) is 1.93. The van der Waals surface area contributed by atoms with Crippen molar-refractivity contribution in [3.8, 4) is 0 Å². The van der Waals surface area contributed by atoms with Crippen LogP contribution >= 0.6 is 0 Å². The number of rotatable bonds is 2. The van der Waals surface area contributed by atoms with Gasteiger partial charge in [-0.25, -0.2) is 4.98 Å². The lowest BCUT2D eigenvalue weighted by Gasteiger charge is -2.20. The predicted octanol–water partition coefficient (Wildman–Crippen LogP) is 1.62. The second-order valence-corrected chi connectivity index (χ2v) is 5.31. The molecule has 2 aromatic heterocycles. The minimum absolute atomic E-state index is 0.0776. The van der Waals surface area contributed by atoms with Crippen molar-refractivity contribution in [2.45, 2.75) is 32.2 Å². The van der Waals surface area contributed by atoms with Gasteiger partial charge in [0.05, 0.1) is 24.0 Å². The molecule has 17 heavy (non-hydrogen) atoms. The molecule has 0 aliphatic rings. The lowest BCUT2D eigenvalue weighted by atomic mass is 9.89. The molecule has 0 aliphatic heterocycles. The zero-order valence-electron chi connectivity index (χ0n) is 10.5. The summed E-state index contributed by atoms with van der Waals surface area (Å²) in [6, 6.07) is 5.43. The summed E-state index contributed by atoms with van der Waals surface area (Å²) in [4.78, 5) is 4.62. The van der Waals surface area contributed by atoms with Gasteiger partial charge in [-0.15, -0.1) is 0 Å². The van der Waals surface area contributed by atoms with Gasteiger partial charge in [0.15, 0.2) is 0 Å². The Hall–Kier alpha value is -1.39. The van der Waals surface area contributed by atoms with Crippen LogP contribution in [0.1, 0.15) is 38.2 Å². The Morgan fingerprint density at radius 1 is 1.41 bits per heavy atom. The predicted molar refractivity (Wildman–Crippen MR) is 67.9 cm³/mol. The number of hydrogen-bond donors (Lipinski definition) is 2. The number of imidazole rings is 1. The van der Waals surface area contributed by atoms with Crippen molar-refractivity contribution in [2.75, 3.05) is 6.61 Å². The second kappa shape index (κ2) is 4.13. The van der Waals surface area contributed by atoms with Crippen LogP contribution in [0.25, 0.3) is 5.65 Å². The van der Waals surface area contributed by atoms with E-state index in [2.05, 4.69) is 25.8 Å². The SMILES string of the molecule is CC(C)(C)c1nc2ccccn2c1C(N)CO. The number of pyridine rings is 1. The van der Waals surface area contributed by atoms with Gasteiger partial charge in [0.25, 0.3) is 0 Å². The van der Waals surface area contributed by atoms with Gasteiger partial charge in [0, 0.05) is 11.6 Å². The van der Waals surface area contributed by atoms with Crippen molar-refractivity contribution in [3.05, 3.63) is 35.8 Å². The average molecular weight is 233 g/mol. The summed E-state index contributed by atoms with van der Waals surface area (Å²) in [6.45, 7) is 6.22. The van der Waals surface area contributed by atoms with E-state index in [1.54, 1.807) is 0 Å². The number of nitrogens with zero attached hydrogens (tertiary/aromatic N) is 2. The zero-order chi connectivity index (χ0) is 12.6. The van der Waals surface area contributed by atoms with E-state index < -0.39 is 6.04 Å². The maximum absolute atomic E-state index is 9.29. The first-order valence-electron chi connectivity index (χ1n) is 5.79. The van der Waals surface area contributed by atoms with Crippen molar-refractivity contribution in [1.29, 1.82) is 0 Å². The van der Waals surface area contributed by atoms with Crippen LogP contribution in [0.4, 0.5) is 0 Å². The summed E-state index contributed by atoms with van der Waals surface area (Å²) < 4.78 is 1.96. The van der Waals surface area contributed by atoms with Gasteiger partial charge < -0.3 is 15.2 Å². The van der Waals surface area contributed by atoms with Crippen molar-refractivity contribution in [1.82, 2.24) is 9.38 Å². The molecule has 0 saturated carbocycles. The maximum atomic E-state index is 9.29. The fourth-order valence-corrected chi connectivity index (χ4v) is 2.01. The van der Waals surface area contributed by atoms with Gasteiger partial charge in [-0.2, -0.15) is 0 Å². The van der Waals surface area contributed by atoms with Crippen molar-refractivity contribution >= 4 is 5.65 Å². The van der Waals surface area contributed by atoms with E-state index in [0.29, 0.717) is 0 Å². The summed E-state index contributed by atoms with van der Waals surface area (Å²) in [7, 11) is 0. The fraction of sp³-hybridized carbons (Fsp3) is 0.462. The van der Waals surface area contributed by atoms with Crippen LogP contribution < -0.4 is 5.73 Å². The monoisotopic (exact) mass is 233 g/mol. The highest BCUT2D eigenvalue weighted by Crippen LogP contribution is 2.29. The molecule has 2 aromatic rings. The molecule has 0 fully saturated rings. The third-order valence-electron chi connectivity index (χ3n) is 2.83. The lowest BCUT2D eigenvalue weighted by molar-refractivity contribution is 0.264. The van der Waals surface area contributed by atoms with Crippen LogP contribution in [0.2, 0.25) is 0 Å². The molecule has 2 rings (SSSR count). The summed E-state index contributed by atoms with van der Waals surface area (Å²) in [5.74, 6) is 0. The topological polar surface area (TPSA) is 63.5 Å². The van der Waals surface area contributed by atoms with Gasteiger partial charge in [-0.1, -0.05) is 26.8 Å². The Morgan fingerprint density at radius 3 is 2.71 bits per heavy atom. The molecule has 92 valence electrons. The molecule has 0 spiro atoms. The molecule has 1 unspecified atom stereocenters. The Kier molecular flexibility index (Phi) is 2.93. The lowest BCUT2D eigenvalue weighted by Crippen LogP contribution is -2.23. The first-order chi connectivity index (χ1) is 7.95. The number of aliphatic hydroxyl groups excluding tert-OH is 1. The molecular weight excluding hydrogens is 214 g/mol. The molecule has 0 bridgehead atoms. The van der Waals surface area contributed by atoms with Crippen LogP contribution in [-0.4, -0.2) is 21.1 Å². The minimum atomic E-state index is -0.401. The van der Waals surface area contributed by atoms with Crippen LogP contribution in [-0.2, 0) is 5.41 Å². The molecule has 3 N–H and O–H groups in total. The number of fused-ring (bicyclic) bond motifs is 1.